The highest BCUT2D eigenvalue weighted by atomic mass is 79.9. The van der Waals surface area contributed by atoms with Crippen molar-refractivity contribution < 1.29 is 4.74 Å². The van der Waals surface area contributed by atoms with E-state index < -0.39 is 0 Å². The average Bonchev–Trinajstić information content (AvgIpc) is 2.82. The average molecular weight is 433 g/mol. The van der Waals surface area contributed by atoms with Crippen molar-refractivity contribution in [1.29, 1.82) is 0 Å². The van der Waals surface area contributed by atoms with Crippen LogP contribution in [-0.4, -0.2) is 13.2 Å². The first kappa shape index (κ1) is 17.0. The third-order valence-electron chi connectivity index (χ3n) is 3.09. The van der Waals surface area contributed by atoms with Crippen molar-refractivity contribution in [3.05, 3.63) is 49.0 Å². The van der Waals surface area contributed by atoms with Gasteiger partial charge < -0.3 is 10.1 Å². The molecule has 114 valence electrons. The molecular formula is C16H19Br2NOS. The molecule has 2 rings (SSSR count). The van der Waals surface area contributed by atoms with E-state index in [9.17, 15) is 0 Å². The molecule has 0 amide bonds. The quantitative estimate of drug-likeness (QED) is 0.600. The minimum absolute atomic E-state index is 0.187. The van der Waals surface area contributed by atoms with Crippen molar-refractivity contribution in [2.24, 2.45) is 0 Å². The van der Waals surface area contributed by atoms with Crippen molar-refractivity contribution >= 4 is 43.2 Å². The van der Waals surface area contributed by atoms with Crippen molar-refractivity contribution in [3.8, 4) is 5.75 Å². The van der Waals surface area contributed by atoms with Gasteiger partial charge >= 0.3 is 0 Å². The molecule has 0 fully saturated rings. The largest absolute Gasteiger partial charge is 0.494 e. The van der Waals surface area contributed by atoms with Crippen LogP contribution in [-0.2, 0) is 0 Å². The van der Waals surface area contributed by atoms with Gasteiger partial charge in [-0.1, -0.05) is 26.0 Å². The zero-order chi connectivity index (χ0) is 15.2. The second kappa shape index (κ2) is 8.32. The molecule has 1 aromatic carbocycles. The minimum Gasteiger partial charge on any atom is -0.494 e. The van der Waals surface area contributed by atoms with Gasteiger partial charge in [0.2, 0.25) is 0 Å². The van der Waals surface area contributed by atoms with Gasteiger partial charge in [-0.25, -0.2) is 0 Å². The minimum atomic E-state index is 0.187. The maximum atomic E-state index is 5.65. The number of hydrogen-bond acceptors (Lipinski definition) is 3. The highest BCUT2D eigenvalue weighted by Crippen LogP contribution is 2.38. The molecular weight excluding hydrogens is 414 g/mol. The van der Waals surface area contributed by atoms with Crippen LogP contribution >= 0.6 is 43.2 Å². The van der Waals surface area contributed by atoms with Crippen LogP contribution in [0.4, 0.5) is 0 Å². The van der Waals surface area contributed by atoms with Gasteiger partial charge in [-0.05, 0) is 74.2 Å². The van der Waals surface area contributed by atoms with E-state index in [-0.39, 0.29) is 6.04 Å². The number of halogens is 2. The molecule has 2 nitrogen and oxygen atoms in total. The number of hydrogen-bond donors (Lipinski definition) is 1. The Hall–Kier alpha value is -0.360. The van der Waals surface area contributed by atoms with Crippen LogP contribution in [0.3, 0.4) is 0 Å². The molecule has 1 aromatic heterocycles. The van der Waals surface area contributed by atoms with Crippen molar-refractivity contribution in [1.82, 2.24) is 5.32 Å². The van der Waals surface area contributed by atoms with Crippen LogP contribution in [0.25, 0.3) is 0 Å². The van der Waals surface area contributed by atoms with E-state index in [1.165, 1.54) is 11.1 Å². The first-order valence-electron chi connectivity index (χ1n) is 7.06. The third-order valence-corrected chi connectivity index (χ3v) is 5.47. The summed E-state index contributed by atoms with van der Waals surface area (Å²) in [5.41, 5.74) is 2.50. The molecule has 0 bridgehead atoms. The van der Waals surface area contributed by atoms with Gasteiger partial charge in [0.15, 0.2) is 0 Å². The number of ether oxygens (including phenoxy) is 1. The molecule has 0 aliphatic rings. The summed E-state index contributed by atoms with van der Waals surface area (Å²) in [6, 6.07) is 10.7. The Bertz CT molecular complexity index is 568. The first-order valence-corrected chi connectivity index (χ1v) is 9.46. The lowest BCUT2D eigenvalue weighted by Crippen LogP contribution is -2.21. The van der Waals surface area contributed by atoms with Crippen molar-refractivity contribution in [2.75, 3.05) is 13.2 Å². The fourth-order valence-electron chi connectivity index (χ4n) is 2.14. The summed E-state index contributed by atoms with van der Waals surface area (Å²) >= 11 is 8.91. The lowest BCUT2D eigenvalue weighted by molar-refractivity contribution is 0.317. The summed E-state index contributed by atoms with van der Waals surface area (Å²) in [5.74, 6) is 0.932. The van der Waals surface area contributed by atoms with E-state index in [0.29, 0.717) is 0 Å². The van der Waals surface area contributed by atoms with E-state index >= 15 is 0 Å². The Labute approximate surface area is 147 Å². The molecule has 0 spiro atoms. The standard InChI is InChI=1S/C16H19Br2NOS/c1-3-9-20-12-7-5-11(6-8-12)15(19-4-2)13-10-14(17)21-16(13)18/h5-8,10,15,19H,3-4,9H2,1-2H3. The lowest BCUT2D eigenvalue weighted by atomic mass is 10.0. The molecule has 2 aromatic rings. The van der Waals surface area contributed by atoms with Crippen LogP contribution in [0.5, 0.6) is 5.75 Å². The second-order valence-corrected chi connectivity index (χ2v) is 8.44. The van der Waals surface area contributed by atoms with E-state index in [2.05, 4.69) is 69.2 Å². The topological polar surface area (TPSA) is 21.3 Å². The van der Waals surface area contributed by atoms with Crippen molar-refractivity contribution in [3.63, 3.8) is 0 Å². The van der Waals surface area contributed by atoms with Crippen LogP contribution in [0.2, 0.25) is 0 Å². The number of thiophene rings is 1. The molecule has 0 saturated heterocycles. The van der Waals surface area contributed by atoms with Gasteiger partial charge in [-0.15, -0.1) is 11.3 Å². The van der Waals surface area contributed by atoms with Crippen LogP contribution in [0.15, 0.2) is 37.9 Å². The monoisotopic (exact) mass is 431 g/mol. The fourth-order valence-corrected chi connectivity index (χ4v) is 5.04. The predicted molar refractivity (Wildman–Crippen MR) is 97.5 cm³/mol. The van der Waals surface area contributed by atoms with E-state index in [4.69, 9.17) is 4.74 Å². The van der Waals surface area contributed by atoms with E-state index in [1.54, 1.807) is 11.3 Å². The number of nitrogens with one attached hydrogen (secondary N) is 1. The molecule has 5 heteroatoms. The molecule has 1 atom stereocenters. The molecule has 1 heterocycles. The Balaban J connectivity index is 2.24. The van der Waals surface area contributed by atoms with Gasteiger partial charge in [0.05, 0.1) is 20.2 Å². The van der Waals surface area contributed by atoms with Crippen LogP contribution in [0, 0.1) is 0 Å². The summed E-state index contributed by atoms with van der Waals surface area (Å²) in [6.07, 6.45) is 1.03. The first-order chi connectivity index (χ1) is 10.2. The molecule has 1 unspecified atom stereocenters. The van der Waals surface area contributed by atoms with Gasteiger partial charge in [-0.3, -0.25) is 0 Å². The molecule has 0 saturated carbocycles. The normalized spacial score (nSPS) is 12.4. The van der Waals surface area contributed by atoms with Gasteiger partial charge in [-0.2, -0.15) is 0 Å². The smallest absolute Gasteiger partial charge is 0.119 e. The molecule has 0 aliphatic carbocycles. The summed E-state index contributed by atoms with van der Waals surface area (Å²) in [5, 5.41) is 3.55. The SMILES string of the molecule is CCCOc1ccc(C(NCC)c2cc(Br)sc2Br)cc1. The number of benzene rings is 1. The Morgan fingerprint density at radius 3 is 2.43 bits per heavy atom. The van der Waals surface area contributed by atoms with Crippen LogP contribution < -0.4 is 10.1 Å². The molecule has 1 N–H and O–H groups in total. The Morgan fingerprint density at radius 2 is 1.90 bits per heavy atom. The summed E-state index contributed by atoms with van der Waals surface area (Å²) in [7, 11) is 0. The summed E-state index contributed by atoms with van der Waals surface area (Å²) in [4.78, 5) is 0. The zero-order valence-electron chi connectivity index (χ0n) is 12.2. The zero-order valence-corrected chi connectivity index (χ0v) is 16.1. The number of rotatable bonds is 7. The molecule has 0 radical (unpaired) electrons. The van der Waals surface area contributed by atoms with Crippen LogP contribution in [0.1, 0.15) is 37.4 Å². The van der Waals surface area contributed by atoms with Gasteiger partial charge in [0.25, 0.3) is 0 Å². The summed E-state index contributed by atoms with van der Waals surface area (Å²) in [6.45, 7) is 5.92. The Morgan fingerprint density at radius 1 is 1.19 bits per heavy atom. The third kappa shape index (κ3) is 4.55. The van der Waals surface area contributed by atoms with Crippen molar-refractivity contribution in [2.45, 2.75) is 26.3 Å². The summed E-state index contributed by atoms with van der Waals surface area (Å²) < 4.78 is 7.94. The predicted octanol–water partition coefficient (Wildman–Crippen LogP) is 5.76. The fraction of sp³-hybridized carbons (Fsp3) is 0.375. The van der Waals surface area contributed by atoms with E-state index in [1.807, 2.05) is 12.1 Å². The van der Waals surface area contributed by atoms with Gasteiger partial charge in [0.1, 0.15) is 5.75 Å². The lowest BCUT2D eigenvalue weighted by Gasteiger charge is -2.18. The molecule has 21 heavy (non-hydrogen) atoms. The van der Waals surface area contributed by atoms with Gasteiger partial charge in [0, 0.05) is 0 Å². The Kier molecular flexibility index (Phi) is 6.74. The highest BCUT2D eigenvalue weighted by Gasteiger charge is 2.18. The molecule has 0 aliphatic heterocycles. The highest BCUT2D eigenvalue weighted by molar-refractivity contribution is 9.12. The second-order valence-electron chi connectivity index (χ2n) is 4.69. The maximum Gasteiger partial charge on any atom is 0.119 e. The maximum absolute atomic E-state index is 5.65. The van der Waals surface area contributed by atoms with E-state index in [0.717, 1.165) is 32.9 Å².